The molecule has 0 aliphatic carbocycles. The van der Waals surface area contributed by atoms with E-state index in [4.69, 9.17) is 0 Å². The summed E-state index contributed by atoms with van der Waals surface area (Å²) in [6, 6.07) is 1.37. The third-order valence-electron chi connectivity index (χ3n) is 2.58. The van der Waals surface area contributed by atoms with Crippen molar-refractivity contribution in [2.24, 2.45) is 5.92 Å². The molecular weight excluding hydrogens is 375 g/mol. The molecule has 1 rings (SSSR count). The Kier molecular flexibility index (Phi) is 6.25. The lowest BCUT2D eigenvalue weighted by atomic mass is 10.0. The van der Waals surface area contributed by atoms with Crippen molar-refractivity contribution in [1.29, 1.82) is 0 Å². The molecule has 4 nitrogen and oxygen atoms in total. The summed E-state index contributed by atoms with van der Waals surface area (Å²) in [7, 11) is 3.41. The molecule has 1 heterocycles. The van der Waals surface area contributed by atoms with Gasteiger partial charge >= 0.3 is 0 Å². The smallest absolute Gasteiger partial charge is 0.252 e. The van der Waals surface area contributed by atoms with Gasteiger partial charge in [0.2, 0.25) is 5.91 Å². The summed E-state index contributed by atoms with van der Waals surface area (Å²) < 4.78 is 1.06. The number of amides is 2. The molecule has 1 unspecified atom stereocenters. The molecule has 0 aliphatic heterocycles. The van der Waals surface area contributed by atoms with E-state index in [0.717, 1.165) is 2.88 Å². The highest BCUT2D eigenvalue weighted by Gasteiger charge is 2.24. The van der Waals surface area contributed by atoms with Crippen molar-refractivity contribution >= 4 is 45.7 Å². The molecule has 0 saturated heterocycles. The second-order valence-electron chi connectivity index (χ2n) is 5.03. The largest absolute Gasteiger partial charge is 0.347 e. The van der Waals surface area contributed by atoms with E-state index in [-0.39, 0.29) is 11.8 Å². The number of hydrogen-bond acceptors (Lipinski definition) is 3. The summed E-state index contributed by atoms with van der Waals surface area (Å²) in [4.78, 5) is 25.7. The maximum Gasteiger partial charge on any atom is 0.252 e. The van der Waals surface area contributed by atoms with Gasteiger partial charge in [0.1, 0.15) is 6.04 Å². The minimum atomic E-state index is -0.458. The molecule has 6 heteroatoms. The van der Waals surface area contributed by atoms with E-state index in [9.17, 15) is 9.59 Å². The lowest BCUT2D eigenvalue weighted by Crippen LogP contribution is -2.46. The SMILES string of the molecule is CC(C)CC(NC(=O)c1csc(I)c1)C(=O)N(C)C. The molecular formula is C13H19IN2O2S. The van der Waals surface area contributed by atoms with Crippen LogP contribution in [0.1, 0.15) is 30.6 Å². The molecule has 0 radical (unpaired) electrons. The average Bonchev–Trinajstić information content (AvgIpc) is 2.73. The highest BCUT2D eigenvalue weighted by atomic mass is 127. The van der Waals surface area contributed by atoms with Gasteiger partial charge in [-0.1, -0.05) is 13.8 Å². The molecule has 1 N–H and O–H groups in total. The van der Waals surface area contributed by atoms with Gasteiger partial charge in [-0.3, -0.25) is 9.59 Å². The fourth-order valence-corrected chi connectivity index (χ4v) is 3.00. The molecule has 1 aromatic rings. The second-order valence-corrected chi connectivity index (χ2v) is 7.83. The average molecular weight is 394 g/mol. The van der Waals surface area contributed by atoms with E-state index in [0.29, 0.717) is 17.9 Å². The first-order chi connectivity index (χ1) is 8.81. The van der Waals surface area contributed by atoms with Crippen molar-refractivity contribution in [1.82, 2.24) is 10.2 Å². The Morgan fingerprint density at radius 3 is 2.47 bits per heavy atom. The number of thiophene rings is 1. The number of likely N-dealkylation sites (N-methyl/N-ethyl adjacent to an activating group) is 1. The maximum atomic E-state index is 12.1. The van der Waals surface area contributed by atoms with Gasteiger partial charge in [-0.25, -0.2) is 0 Å². The van der Waals surface area contributed by atoms with Crippen LogP contribution in [0.2, 0.25) is 0 Å². The van der Waals surface area contributed by atoms with Crippen LogP contribution in [0.3, 0.4) is 0 Å². The van der Waals surface area contributed by atoms with Crippen LogP contribution in [0.25, 0.3) is 0 Å². The Morgan fingerprint density at radius 2 is 2.05 bits per heavy atom. The Balaban J connectivity index is 2.77. The number of carbonyl (C=O) groups is 2. The van der Waals surface area contributed by atoms with E-state index in [1.165, 1.54) is 16.2 Å². The van der Waals surface area contributed by atoms with Crippen LogP contribution in [-0.4, -0.2) is 36.9 Å². The van der Waals surface area contributed by atoms with Gasteiger partial charge in [0.25, 0.3) is 5.91 Å². The Bertz CT molecular complexity index is 457. The lowest BCUT2D eigenvalue weighted by Gasteiger charge is -2.23. The summed E-state index contributed by atoms with van der Waals surface area (Å²) in [5.41, 5.74) is 0.620. The van der Waals surface area contributed by atoms with Crippen molar-refractivity contribution < 1.29 is 9.59 Å². The van der Waals surface area contributed by atoms with Gasteiger partial charge in [-0.15, -0.1) is 11.3 Å². The molecule has 0 spiro atoms. The molecule has 1 aromatic heterocycles. The van der Waals surface area contributed by atoms with Gasteiger partial charge in [0.15, 0.2) is 0 Å². The fraction of sp³-hybridized carbons (Fsp3) is 0.538. The van der Waals surface area contributed by atoms with Crippen LogP contribution in [0.15, 0.2) is 11.4 Å². The van der Waals surface area contributed by atoms with Gasteiger partial charge in [0.05, 0.1) is 8.45 Å². The number of nitrogens with zero attached hydrogens (tertiary/aromatic N) is 1. The first-order valence-electron chi connectivity index (χ1n) is 6.07. The minimum Gasteiger partial charge on any atom is -0.347 e. The summed E-state index contributed by atoms with van der Waals surface area (Å²) in [5.74, 6) is 0.101. The summed E-state index contributed by atoms with van der Waals surface area (Å²) >= 11 is 3.69. The number of hydrogen-bond donors (Lipinski definition) is 1. The molecule has 0 saturated carbocycles. The number of rotatable bonds is 5. The third kappa shape index (κ3) is 5.10. The topological polar surface area (TPSA) is 49.4 Å². The first kappa shape index (κ1) is 16.4. The number of carbonyl (C=O) groups excluding carboxylic acids is 2. The van der Waals surface area contributed by atoms with Crippen LogP contribution in [0, 0.1) is 8.80 Å². The highest BCUT2D eigenvalue weighted by Crippen LogP contribution is 2.17. The van der Waals surface area contributed by atoms with Crippen molar-refractivity contribution in [2.75, 3.05) is 14.1 Å². The number of halogens is 1. The summed E-state index contributed by atoms with van der Waals surface area (Å²) in [6.07, 6.45) is 0.643. The van der Waals surface area contributed by atoms with Crippen LogP contribution in [0.5, 0.6) is 0 Å². The first-order valence-corrected chi connectivity index (χ1v) is 8.03. The van der Waals surface area contributed by atoms with Crippen LogP contribution in [-0.2, 0) is 4.79 Å². The zero-order valence-corrected chi connectivity index (χ0v) is 14.5. The normalized spacial score (nSPS) is 12.3. The molecule has 19 heavy (non-hydrogen) atoms. The number of nitrogens with one attached hydrogen (secondary N) is 1. The summed E-state index contributed by atoms with van der Waals surface area (Å²) in [6.45, 7) is 4.07. The monoisotopic (exact) mass is 394 g/mol. The summed E-state index contributed by atoms with van der Waals surface area (Å²) in [5, 5.41) is 4.64. The van der Waals surface area contributed by atoms with Crippen LogP contribution in [0.4, 0.5) is 0 Å². The van der Waals surface area contributed by atoms with Crippen molar-refractivity contribution in [3.05, 3.63) is 19.9 Å². The lowest BCUT2D eigenvalue weighted by molar-refractivity contribution is -0.131. The van der Waals surface area contributed by atoms with Crippen LogP contribution < -0.4 is 5.32 Å². The van der Waals surface area contributed by atoms with Gasteiger partial charge in [-0.2, -0.15) is 0 Å². The van der Waals surface area contributed by atoms with E-state index in [2.05, 4.69) is 27.9 Å². The molecule has 0 fully saturated rings. The quantitative estimate of drug-likeness (QED) is 0.781. The molecule has 0 aliphatic rings. The van der Waals surface area contributed by atoms with Crippen LogP contribution >= 0.6 is 33.9 Å². The van der Waals surface area contributed by atoms with Gasteiger partial charge in [0, 0.05) is 19.5 Å². The minimum absolute atomic E-state index is 0.0630. The Labute approximate surface area is 131 Å². The zero-order valence-electron chi connectivity index (χ0n) is 11.6. The fourth-order valence-electron chi connectivity index (χ4n) is 1.68. The van der Waals surface area contributed by atoms with Crippen molar-refractivity contribution in [3.63, 3.8) is 0 Å². The maximum absolute atomic E-state index is 12.1. The van der Waals surface area contributed by atoms with E-state index in [1.807, 2.05) is 25.3 Å². The Hall–Kier alpha value is -0.630. The third-order valence-corrected chi connectivity index (χ3v) is 4.37. The molecule has 0 aromatic carbocycles. The van der Waals surface area contributed by atoms with Crippen molar-refractivity contribution in [3.8, 4) is 0 Å². The van der Waals surface area contributed by atoms with E-state index >= 15 is 0 Å². The van der Waals surface area contributed by atoms with Gasteiger partial charge in [-0.05, 0) is 41.0 Å². The van der Waals surface area contributed by atoms with E-state index < -0.39 is 6.04 Å². The van der Waals surface area contributed by atoms with E-state index in [1.54, 1.807) is 14.1 Å². The molecule has 1 atom stereocenters. The zero-order chi connectivity index (χ0) is 14.6. The second kappa shape index (κ2) is 7.23. The van der Waals surface area contributed by atoms with Gasteiger partial charge < -0.3 is 10.2 Å². The predicted molar refractivity (Wildman–Crippen MR) is 86.4 cm³/mol. The molecule has 2 amide bonds. The molecule has 106 valence electrons. The predicted octanol–water partition coefficient (Wildman–Crippen LogP) is 2.59. The standard InChI is InChI=1S/C13H19IN2O2S/c1-8(2)5-10(13(18)16(3)4)15-12(17)9-6-11(14)19-7-9/h6-8,10H,5H2,1-4H3,(H,15,17). The highest BCUT2D eigenvalue weighted by molar-refractivity contribution is 14.1. The molecule has 0 bridgehead atoms. The van der Waals surface area contributed by atoms with Crippen molar-refractivity contribution in [2.45, 2.75) is 26.3 Å². The Morgan fingerprint density at radius 1 is 1.42 bits per heavy atom.